The minimum atomic E-state index is -0.549. The largest absolute Gasteiger partial charge is 0.319 e. The third kappa shape index (κ3) is 5.56. The molecule has 41 heavy (non-hydrogen) atoms. The van der Waals surface area contributed by atoms with Crippen molar-refractivity contribution in [3.05, 3.63) is 172 Å². The van der Waals surface area contributed by atoms with Crippen LogP contribution >= 0.6 is 12.2 Å². The highest BCUT2D eigenvalue weighted by molar-refractivity contribution is 7.71. The van der Waals surface area contributed by atoms with E-state index in [4.69, 9.17) is 17.2 Å². The van der Waals surface area contributed by atoms with Crippen molar-refractivity contribution in [1.29, 1.82) is 0 Å². The van der Waals surface area contributed by atoms with Crippen LogP contribution in [-0.4, -0.2) is 24.3 Å². The van der Waals surface area contributed by atoms with Crippen LogP contribution in [0.4, 0.5) is 0 Å². The van der Waals surface area contributed by atoms with Crippen molar-refractivity contribution < 1.29 is 0 Å². The Kier molecular flexibility index (Phi) is 8.01. The molecule has 5 nitrogen and oxygen atoms in total. The number of benzene rings is 4. The summed E-state index contributed by atoms with van der Waals surface area (Å²) in [6, 6.07) is 42.6. The van der Waals surface area contributed by atoms with E-state index >= 15 is 0 Å². The predicted molar refractivity (Wildman–Crippen MR) is 166 cm³/mol. The fraction of sp³-hybridized carbons (Fsp3) is 0.171. The Morgan fingerprint density at radius 3 is 1.76 bits per heavy atom. The molecule has 6 aromatic rings. The highest BCUT2D eigenvalue weighted by Gasteiger charge is 2.38. The number of aromatic amines is 1. The van der Waals surface area contributed by atoms with Crippen LogP contribution in [0.3, 0.4) is 0 Å². The molecule has 0 amide bonds. The number of rotatable bonds is 11. The summed E-state index contributed by atoms with van der Waals surface area (Å²) in [5.41, 5.74) is 5.37. The Hall–Kier alpha value is -4.55. The van der Waals surface area contributed by atoms with Crippen LogP contribution in [0.2, 0.25) is 0 Å². The molecule has 0 saturated carbocycles. The van der Waals surface area contributed by atoms with Gasteiger partial charge in [-0.15, -0.1) is 0 Å². The molecule has 6 rings (SSSR count). The van der Waals surface area contributed by atoms with Gasteiger partial charge in [0, 0.05) is 19.2 Å². The Morgan fingerprint density at radius 2 is 1.20 bits per heavy atom. The highest BCUT2D eigenvalue weighted by Crippen LogP contribution is 2.40. The van der Waals surface area contributed by atoms with Crippen molar-refractivity contribution in [2.45, 2.75) is 37.8 Å². The van der Waals surface area contributed by atoms with Gasteiger partial charge in [0.15, 0.2) is 4.77 Å². The number of aryl methyl sites for hydroxylation is 3. The summed E-state index contributed by atoms with van der Waals surface area (Å²) in [4.78, 5) is 4.90. The van der Waals surface area contributed by atoms with E-state index in [1.807, 2.05) is 12.4 Å². The van der Waals surface area contributed by atoms with E-state index in [9.17, 15) is 0 Å². The maximum Gasteiger partial charge on any atom is 0.195 e. The summed E-state index contributed by atoms with van der Waals surface area (Å²) >= 11 is 5.57. The zero-order valence-corrected chi connectivity index (χ0v) is 23.8. The molecule has 0 radical (unpaired) electrons. The van der Waals surface area contributed by atoms with Gasteiger partial charge >= 0.3 is 0 Å². The van der Waals surface area contributed by atoms with E-state index in [1.165, 1.54) is 22.3 Å². The average Bonchev–Trinajstić information content (AvgIpc) is 3.65. The van der Waals surface area contributed by atoms with Gasteiger partial charge in [-0.25, -0.2) is 4.98 Å². The third-order valence-corrected chi connectivity index (χ3v) is 8.04. The number of hydrogen-bond acceptors (Lipinski definition) is 3. The van der Waals surface area contributed by atoms with Gasteiger partial charge < -0.3 is 9.13 Å². The second-order valence-electron chi connectivity index (χ2n) is 10.3. The Balaban J connectivity index is 1.27. The van der Waals surface area contributed by atoms with Crippen LogP contribution in [0.5, 0.6) is 0 Å². The lowest BCUT2D eigenvalue weighted by Crippen LogP contribution is -2.36. The van der Waals surface area contributed by atoms with Gasteiger partial charge in [-0.2, -0.15) is 5.10 Å². The summed E-state index contributed by atoms with van der Waals surface area (Å²) in [7, 11) is 0. The lowest BCUT2D eigenvalue weighted by atomic mass is 9.77. The van der Waals surface area contributed by atoms with Crippen molar-refractivity contribution in [3.63, 3.8) is 0 Å². The maximum absolute atomic E-state index is 5.57. The Labute approximate surface area is 246 Å². The molecule has 4 aromatic carbocycles. The van der Waals surface area contributed by atoms with Gasteiger partial charge in [0.2, 0.25) is 0 Å². The number of nitrogens with one attached hydrogen (secondary N) is 1. The summed E-state index contributed by atoms with van der Waals surface area (Å²) in [5.74, 6) is 1.00. The van der Waals surface area contributed by atoms with E-state index in [0.717, 1.165) is 43.7 Å². The lowest BCUT2D eigenvalue weighted by Gasteiger charge is -2.37. The first kappa shape index (κ1) is 26.7. The molecule has 0 unspecified atom stereocenters. The van der Waals surface area contributed by atoms with Gasteiger partial charge in [-0.1, -0.05) is 121 Å². The molecule has 2 heterocycles. The molecule has 0 fully saturated rings. The third-order valence-electron chi connectivity index (χ3n) is 7.73. The fourth-order valence-electron chi connectivity index (χ4n) is 5.75. The number of imidazole rings is 1. The van der Waals surface area contributed by atoms with Crippen LogP contribution in [-0.2, 0) is 31.3 Å². The fourth-order valence-corrected chi connectivity index (χ4v) is 5.99. The first-order chi connectivity index (χ1) is 20.2. The minimum absolute atomic E-state index is 0.549. The van der Waals surface area contributed by atoms with Gasteiger partial charge in [0.1, 0.15) is 11.4 Å². The molecule has 0 aliphatic rings. The van der Waals surface area contributed by atoms with Gasteiger partial charge in [0.05, 0.1) is 12.0 Å². The Morgan fingerprint density at radius 1 is 0.659 bits per heavy atom. The van der Waals surface area contributed by atoms with Gasteiger partial charge in [-0.3, -0.25) is 5.10 Å². The smallest absolute Gasteiger partial charge is 0.195 e. The van der Waals surface area contributed by atoms with E-state index in [2.05, 4.69) is 141 Å². The molecule has 0 atom stereocenters. The van der Waals surface area contributed by atoms with E-state index < -0.39 is 5.54 Å². The maximum atomic E-state index is 5.57. The standard InChI is InChI=1S/C35H33N5S/c41-34-38-37-33(24-23-28-14-5-1-6-15-28)40(34)25-13-22-32-26-39(27-36-32)35(29-16-7-2-8-17-29,30-18-9-3-10-19-30)31-20-11-4-12-21-31/h1-12,14-21,26-27H,13,22-25H2,(H,38,41). The summed E-state index contributed by atoms with van der Waals surface area (Å²) in [5, 5.41) is 7.52. The zero-order chi connectivity index (χ0) is 27.9. The molecule has 6 heteroatoms. The normalized spacial score (nSPS) is 11.5. The quantitative estimate of drug-likeness (QED) is 0.134. The monoisotopic (exact) mass is 555 g/mol. The average molecular weight is 556 g/mol. The number of H-pyrrole nitrogens is 1. The van der Waals surface area contributed by atoms with Crippen molar-refractivity contribution in [2.24, 2.45) is 0 Å². The molecule has 2 aromatic heterocycles. The Bertz CT molecular complexity index is 1620. The van der Waals surface area contributed by atoms with Crippen molar-refractivity contribution in [1.82, 2.24) is 24.3 Å². The zero-order valence-electron chi connectivity index (χ0n) is 22.9. The molecule has 0 bridgehead atoms. The van der Waals surface area contributed by atoms with Gasteiger partial charge in [0.25, 0.3) is 0 Å². The van der Waals surface area contributed by atoms with Crippen LogP contribution in [0, 0.1) is 4.77 Å². The number of aromatic nitrogens is 5. The lowest BCUT2D eigenvalue weighted by molar-refractivity contribution is 0.514. The number of hydrogen-bond donors (Lipinski definition) is 1. The molecular weight excluding hydrogens is 522 g/mol. The van der Waals surface area contributed by atoms with Crippen LogP contribution < -0.4 is 0 Å². The van der Waals surface area contributed by atoms with E-state index in [1.54, 1.807) is 0 Å². The first-order valence-electron chi connectivity index (χ1n) is 14.1. The second kappa shape index (κ2) is 12.3. The summed E-state index contributed by atoms with van der Waals surface area (Å²) in [6.45, 7) is 0.799. The van der Waals surface area contributed by atoms with Crippen molar-refractivity contribution >= 4 is 12.2 Å². The first-order valence-corrected chi connectivity index (χ1v) is 14.5. The summed E-state index contributed by atoms with van der Waals surface area (Å²) < 4.78 is 5.09. The van der Waals surface area contributed by atoms with Crippen LogP contribution in [0.25, 0.3) is 0 Å². The second-order valence-corrected chi connectivity index (χ2v) is 10.7. The minimum Gasteiger partial charge on any atom is -0.319 e. The van der Waals surface area contributed by atoms with Crippen molar-refractivity contribution in [3.8, 4) is 0 Å². The molecule has 0 saturated heterocycles. The molecule has 0 spiro atoms. The van der Waals surface area contributed by atoms with Gasteiger partial charge in [-0.05, 0) is 53.7 Å². The molecule has 1 N–H and O–H groups in total. The predicted octanol–water partition coefficient (Wildman–Crippen LogP) is 7.40. The number of nitrogens with zero attached hydrogens (tertiary/aromatic N) is 4. The summed E-state index contributed by atoms with van der Waals surface area (Å²) in [6.07, 6.45) is 7.73. The van der Waals surface area contributed by atoms with E-state index in [-0.39, 0.29) is 0 Å². The molecular formula is C35H33N5S. The van der Waals surface area contributed by atoms with Crippen LogP contribution in [0.15, 0.2) is 134 Å². The van der Waals surface area contributed by atoms with Crippen molar-refractivity contribution in [2.75, 3.05) is 0 Å². The topological polar surface area (TPSA) is 51.4 Å². The molecule has 204 valence electrons. The van der Waals surface area contributed by atoms with Crippen LogP contribution in [0.1, 0.15) is 40.2 Å². The SMILES string of the molecule is S=c1[nH]nc(CCc2ccccc2)n1CCCc1cn(C(c2ccccc2)(c2ccccc2)c2ccccc2)cn1. The molecule has 0 aliphatic carbocycles. The van der Waals surface area contributed by atoms with E-state index in [0.29, 0.717) is 4.77 Å². The highest BCUT2D eigenvalue weighted by atomic mass is 32.1. The molecule has 0 aliphatic heterocycles.